The quantitative estimate of drug-likeness (QED) is 0.652. The molecule has 1 aromatic heterocycles. The highest BCUT2D eigenvalue weighted by Gasteiger charge is 2.08. The number of amidine groups is 1. The van der Waals surface area contributed by atoms with E-state index in [4.69, 9.17) is 15.9 Å². The van der Waals surface area contributed by atoms with Gasteiger partial charge in [0.25, 0.3) is 0 Å². The molecule has 0 radical (unpaired) electrons. The van der Waals surface area contributed by atoms with Crippen LogP contribution >= 0.6 is 0 Å². The van der Waals surface area contributed by atoms with Crippen molar-refractivity contribution < 1.29 is 4.74 Å². The lowest BCUT2D eigenvalue weighted by atomic mass is 10.1. The van der Waals surface area contributed by atoms with Crippen molar-refractivity contribution in [2.75, 3.05) is 0 Å². The van der Waals surface area contributed by atoms with Crippen molar-refractivity contribution in [3.8, 4) is 11.8 Å². The van der Waals surface area contributed by atoms with Crippen LogP contribution in [0.25, 0.3) is 0 Å². The highest BCUT2D eigenvalue weighted by molar-refractivity contribution is 5.92. The van der Waals surface area contributed by atoms with Crippen LogP contribution in [-0.2, 0) is 0 Å². The van der Waals surface area contributed by atoms with Crippen LogP contribution in [0.1, 0.15) is 22.4 Å². The molecule has 0 unspecified atom stereocenters. The number of hydrogen-bond donors (Lipinski definition) is 2. The van der Waals surface area contributed by atoms with Gasteiger partial charge in [0.1, 0.15) is 17.3 Å². The average molecular weight is 256 g/mol. The molecule has 0 bridgehead atoms. The zero-order valence-corrected chi connectivity index (χ0v) is 11.2. The number of benzene rings is 1. The third-order valence-corrected chi connectivity index (χ3v) is 2.87. The van der Waals surface area contributed by atoms with E-state index in [1.807, 2.05) is 26.8 Å². The number of aromatic nitrogens is 2. The van der Waals surface area contributed by atoms with Crippen LogP contribution in [0, 0.1) is 26.2 Å². The number of aryl methyl sites for hydroxylation is 2. The number of rotatable bonds is 3. The first kappa shape index (κ1) is 13.0. The molecular formula is C14H16N4O. The first-order valence-electron chi connectivity index (χ1n) is 5.90. The molecule has 3 N–H and O–H groups in total. The molecule has 2 aromatic rings. The fourth-order valence-corrected chi connectivity index (χ4v) is 1.75. The third kappa shape index (κ3) is 2.88. The van der Waals surface area contributed by atoms with E-state index in [0.717, 1.165) is 22.4 Å². The molecule has 1 aromatic carbocycles. The number of nitrogens with zero attached hydrogens (tertiary/aromatic N) is 2. The molecule has 0 fully saturated rings. The van der Waals surface area contributed by atoms with Gasteiger partial charge in [-0.1, -0.05) is 6.07 Å². The fraction of sp³-hybridized carbons (Fsp3) is 0.214. The van der Waals surface area contributed by atoms with Gasteiger partial charge in [0.15, 0.2) is 0 Å². The van der Waals surface area contributed by atoms with Crippen LogP contribution in [0.3, 0.4) is 0 Å². The molecule has 2 rings (SSSR count). The first-order valence-corrected chi connectivity index (χ1v) is 5.90. The smallest absolute Gasteiger partial charge is 0.322 e. The fourth-order valence-electron chi connectivity index (χ4n) is 1.75. The molecule has 98 valence electrons. The molecule has 0 aliphatic heterocycles. The van der Waals surface area contributed by atoms with E-state index < -0.39 is 0 Å². The summed E-state index contributed by atoms with van der Waals surface area (Å²) in [7, 11) is 0. The molecule has 0 saturated carbocycles. The standard InChI is InChI=1S/C14H16N4O/c1-8-6-9(2)10(3)12(7-8)19-14-17-5-4-11(18-14)13(15)16/h4-7H,1-3H3,(H3,15,16). The van der Waals surface area contributed by atoms with E-state index >= 15 is 0 Å². The summed E-state index contributed by atoms with van der Waals surface area (Å²) in [5, 5.41) is 7.35. The summed E-state index contributed by atoms with van der Waals surface area (Å²) in [6.45, 7) is 6.02. The molecule has 5 nitrogen and oxygen atoms in total. The van der Waals surface area contributed by atoms with E-state index in [2.05, 4.69) is 16.0 Å². The zero-order valence-electron chi connectivity index (χ0n) is 11.2. The second-order valence-electron chi connectivity index (χ2n) is 4.45. The summed E-state index contributed by atoms with van der Waals surface area (Å²) in [4.78, 5) is 8.12. The van der Waals surface area contributed by atoms with Gasteiger partial charge in [0.2, 0.25) is 0 Å². The van der Waals surface area contributed by atoms with E-state index in [-0.39, 0.29) is 11.8 Å². The minimum absolute atomic E-state index is 0.107. The minimum atomic E-state index is -0.107. The van der Waals surface area contributed by atoms with Crippen LogP contribution in [-0.4, -0.2) is 15.8 Å². The SMILES string of the molecule is Cc1cc(C)c(C)c(Oc2nccc(C(=N)N)n2)c1. The Bertz CT molecular complexity index is 637. The van der Waals surface area contributed by atoms with Gasteiger partial charge in [0, 0.05) is 6.20 Å². The zero-order chi connectivity index (χ0) is 14.0. The third-order valence-electron chi connectivity index (χ3n) is 2.87. The Hall–Kier alpha value is -2.43. The molecule has 5 heteroatoms. The van der Waals surface area contributed by atoms with Crippen molar-refractivity contribution in [2.24, 2.45) is 5.73 Å². The molecule has 0 aliphatic rings. The summed E-state index contributed by atoms with van der Waals surface area (Å²) in [5.74, 6) is 0.614. The predicted molar refractivity (Wildman–Crippen MR) is 73.8 cm³/mol. The predicted octanol–water partition coefficient (Wildman–Crippen LogP) is 2.48. The van der Waals surface area contributed by atoms with E-state index in [9.17, 15) is 0 Å². The van der Waals surface area contributed by atoms with Gasteiger partial charge >= 0.3 is 6.01 Å². The highest BCUT2D eigenvalue weighted by atomic mass is 16.5. The number of ether oxygens (including phenoxy) is 1. The number of nitrogens with two attached hydrogens (primary N) is 1. The maximum atomic E-state index is 7.35. The van der Waals surface area contributed by atoms with Gasteiger partial charge in [-0.25, -0.2) is 4.98 Å². The largest absolute Gasteiger partial charge is 0.424 e. The Labute approximate surface area is 112 Å². The second-order valence-corrected chi connectivity index (χ2v) is 4.45. The minimum Gasteiger partial charge on any atom is -0.424 e. The maximum absolute atomic E-state index is 7.35. The Kier molecular flexibility index (Phi) is 3.46. The molecule has 0 amide bonds. The van der Waals surface area contributed by atoms with Gasteiger partial charge in [-0.2, -0.15) is 4.98 Å². The summed E-state index contributed by atoms with van der Waals surface area (Å²) >= 11 is 0. The molecule has 0 atom stereocenters. The molecule has 0 aliphatic carbocycles. The van der Waals surface area contributed by atoms with Crippen molar-refractivity contribution in [3.05, 3.63) is 46.8 Å². The Morgan fingerprint density at radius 3 is 2.68 bits per heavy atom. The van der Waals surface area contributed by atoms with E-state index in [1.165, 1.54) is 6.20 Å². The van der Waals surface area contributed by atoms with Gasteiger partial charge in [-0.15, -0.1) is 0 Å². The molecule has 0 spiro atoms. The van der Waals surface area contributed by atoms with Crippen LogP contribution in [0.4, 0.5) is 0 Å². The van der Waals surface area contributed by atoms with Crippen LogP contribution in [0.2, 0.25) is 0 Å². The summed E-state index contributed by atoms with van der Waals surface area (Å²) in [5.41, 5.74) is 9.05. The number of nitrogen functional groups attached to an aromatic ring is 1. The Balaban J connectivity index is 2.36. The normalized spacial score (nSPS) is 10.3. The van der Waals surface area contributed by atoms with Gasteiger partial charge in [-0.05, 0) is 49.6 Å². The first-order chi connectivity index (χ1) is 8.97. The second kappa shape index (κ2) is 5.06. The van der Waals surface area contributed by atoms with Crippen LogP contribution in [0.5, 0.6) is 11.8 Å². The highest BCUT2D eigenvalue weighted by Crippen LogP contribution is 2.26. The van der Waals surface area contributed by atoms with Crippen molar-refractivity contribution in [1.29, 1.82) is 5.41 Å². The number of hydrogen-bond acceptors (Lipinski definition) is 4. The van der Waals surface area contributed by atoms with Gasteiger partial charge in [0.05, 0.1) is 0 Å². The summed E-state index contributed by atoms with van der Waals surface area (Å²) < 4.78 is 5.69. The number of nitrogens with one attached hydrogen (secondary N) is 1. The molecule has 0 saturated heterocycles. The van der Waals surface area contributed by atoms with Crippen molar-refractivity contribution in [2.45, 2.75) is 20.8 Å². The summed E-state index contributed by atoms with van der Waals surface area (Å²) in [6.07, 6.45) is 1.52. The van der Waals surface area contributed by atoms with E-state index in [0.29, 0.717) is 5.69 Å². The van der Waals surface area contributed by atoms with Crippen LogP contribution < -0.4 is 10.5 Å². The van der Waals surface area contributed by atoms with E-state index in [1.54, 1.807) is 6.07 Å². The van der Waals surface area contributed by atoms with Crippen LogP contribution in [0.15, 0.2) is 24.4 Å². The lowest BCUT2D eigenvalue weighted by Crippen LogP contribution is -2.13. The molecule has 19 heavy (non-hydrogen) atoms. The average Bonchev–Trinajstić information content (AvgIpc) is 2.35. The maximum Gasteiger partial charge on any atom is 0.322 e. The van der Waals surface area contributed by atoms with Gasteiger partial charge in [-0.3, -0.25) is 5.41 Å². The summed E-state index contributed by atoms with van der Waals surface area (Å²) in [6, 6.07) is 5.80. The lowest BCUT2D eigenvalue weighted by molar-refractivity contribution is 0.437. The molecule has 1 heterocycles. The van der Waals surface area contributed by atoms with Crippen molar-refractivity contribution >= 4 is 5.84 Å². The molecular weight excluding hydrogens is 240 g/mol. The Morgan fingerprint density at radius 2 is 2.00 bits per heavy atom. The van der Waals surface area contributed by atoms with Crippen molar-refractivity contribution in [3.63, 3.8) is 0 Å². The van der Waals surface area contributed by atoms with Gasteiger partial charge < -0.3 is 10.5 Å². The van der Waals surface area contributed by atoms with Crippen molar-refractivity contribution in [1.82, 2.24) is 9.97 Å². The Morgan fingerprint density at radius 1 is 1.26 bits per heavy atom. The monoisotopic (exact) mass is 256 g/mol. The topological polar surface area (TPSA) is 84.9 Å². The lowest BCUT2D eigenvalue weighted by Gasteiger charge is -2.11.